The van der Waals surface area contributed by atoms with Crippen LogP contribution in [0, 0.1) is 6.92 Å². The van der Waals surface area contributed by atoms with E-state index in [1.807, 2.05) is 44.7 Å². The quantitative estimate of drug-likeness (QED) is 0.787. The number of nitrogens with one attached hydrogen (secondary N) is 1. The maximum Gasteiger partial charge on any atom is 0.410 e. The molecule has 1 atom stereocenters. The largest absolute Gasteiger partial charge is 0.444 e. The van der Waals surface area contributed by atoms with Gasteiger partial charge in [-0.05, 0) is 75.0 Å². The molecule has 1 saturated heterocycles. The number of carbonyl (C=O) groups excluding carboxylic acids is 1. The van der Waals surface area contributed by atoms with Crippen LogP contribution in [0.1, 0.15) is 45.7 Å². The summed E-state index contributed by atoms with van der Waals surface area (Å²) in [6.45, 7) is 9.15. The monoisotopic (exact) mass is 383 g/mol. The molecule has 1 unspecified atom stereocenters. The van der Waals surface area contributed by atoms with E-state index < -0.39 is 5.60 Å². The van der Waals surface area contributed by atoms with Gasteiger partial charge in [0.15, 0.2) is 0 Å². The second-order valence-electron chi connectivity index (χ2n) is 6.97. The van der Waals surface area contributed by atoms with Gasteiger partial charge in [0.25, 0.3) is 0 Å². The molecule has 1 aliphatic rings. The third kappa shape index (κ3) is 5.37. The summed E-state index contributed by atoms with van der Waals surface area (Å²) in [6, 6.07) is 4.08. The highest BCUT2D eigenvalue weighted by Gasteiger charge is 2.30. The van der Waals surface area contributed by atoms with Crippen LogP contribution in [-0.4, -0.2) is 40.7 Å². The van der Waals surface area contributed by atoms with Gasteiger partial charge in [0.1, 0.15) is 10.2 Å². The Balaban J connectivity index is 1.99. The van der Waals surface area contributed by atoms with E-state index in [4.69, 9.17) is 4.74 Å². The number of piperidine rings is 1. The fourth-order valence-electron chi connectivity index (χ4n) is 2.72. The minimum absolute atomic E-state index is 0.154. The van der Waals surface area contributed by atoms with Gasteiger partial charge in [-0.3, -0.25) is 0 Å². The number of carbonyl (C=O) groups is 1. The van der Waals surface area contributed by atoms with E-state index in [2.05, 4.69) is 26.2 Å². The van der Waals surface area contributed by atoms with E-state index in [9.17, 15) is 4.79 Å². The number of hydrogen-bond donors (Lipinski definition) is 1. The fourth-order valence-corrected chi connectivity index (χ4v) is 3.12. The maximum atomic E-state index is 12.4. The average molecular weight is 384 g/mol. The Bertz CT molecular complexity index is 557. The van der Waals surface area contributed by atoms with Gasteiger partial charge in [-0.25, -0.2) is 9.78 Å². The number of rotatable bonds is 3. The van der Waals surface area contributed by atoms with Gasteiger partial charge in [-0.15, -0.1) is 0 Å². The van der Waals surface area contributed by atoms with Gasteiger partial charge >= 0.3 is 6.09 Å². The molecular formula is C17H26BrN3O2. The first-order valence-electron chi connectivity index (χ1n) is 8.13. The standard InChI is InChI=1S/C17H26BrN3O2/c1-12-14(8-9-15(18)20-12)19-11-13-7-5-6-10-21(13)16(22)23-17(2,3)4/h8-9,13,19H,5-7,10-11H2,1-4H3. The van der Waals surface area contributed by atoms with Crippen LogP contribution in [0.5, 0.6) is 0 Å². The third-order valence-electron chi connectivity index (χ3n) is 3.84. The zero-order valence-corrected chi connectivity index (χ0v) is 15.9. The summed E-state index contributed by atoms with van der Waals surface area (Å²) in [5.74, 6) is 0. The van der Waals surface area contributed by atoms with Crippen LogP contribution in [0.4, 0.5) is 10.5 Å². The Labute approximate surface area is 146 Å². The normalized spacial score (nSPS) is 18.7. The number of likely N-dealkylation sites (tertiary alicyclic amines) is 1. The highest BCUT2D eigenvalue weighted by atomic mass is 79.9. The number of ether oxygens (including phenoxy) is 1. The van der Waals surface area contributed by atoms with Crippen LogP contribution in [-0.2, 0) is 4.74 Å². The first-order chi connectivity index (χ1) is 10.8. The predicted octanol–water partition coefficient (Wildman–Crippen LogP) is 4.35. The molecule has 1 aliphatic heterocycles. The molecule has 6 heteroatoms. The van der Waals surface area contributed by atoms with Gasteiger partial charge in [0, 0.05) is 13.1 Å². The van der Waals surface area contributed by atoms with Crippen LogP contribution >= 0.6 is 15.9 Å². The number of aromatic nitrogens is 1. The highest BCUT2D eigenvalue weighted by Crippen LogP contribution is 2.22. The smallest absolute Gasteiger partial charge is 0.410 e. The third-order valence-corrected chi connectivity index (χ3v) is 4.28. The zero-order valence-electron chi connectivity index (χ0n) is 14.4. The molecule has 1 aromatic heterocycles. The van der Waals surface area contributed by atoms with E-state index >= 15 is 0 Å². The summed E-state index contributed by atoms with van der Waals surface area (Å²) >= 11 is 3.37. The molecule has 1 amide bonds. The maximum absolute atomic E-state index is 12.4. The summed E-state index contributed by atoms with van der Waals surface area (Å²) in [4.78, 5) is 18.7. The Kier molecular flexibility index (Phi) is 5.89. The molecule has 0 spiro atoms. The van der Waals surface area contributed by atoms with Crippen molar-refractivity contribution in [3.8, 4) is 0 Å². The van der Waals surface area contributed by atoms with Crippen LogP contribution in [0.2, 0.25) is 0 Å². The van der Waals surface area contributed by atoms with Crippen molar-refractivity contribution in [3.63, 3.8) is 0 Å². The summed E-state index contributed by atoms with van der Waals surface area (Å²) in [5, 5.41) is 3.42. The fraction of sp³-hybridized carbons (Fsp3) is 0.647. The van der Waals surface area contributed by atoms with Crippen LogP contribution in [0.25, 0.3) is 0 Å². The van der Waals surface area contributed by atoms with Crippen molar-refractivity contribution >= 4 is 27.7 Å². The van der Waals surface area contributed by atoms with Crippen molar-refractivity contribution in [1.82, 2.24) is 9.88 Å². The molecule has 0 aromatic carbocycles. The Morgan fingerprint density at radius 2 is 2.17 bits per heavy atom. The topological polar surface area (TPSA) is 54.5 Å². The number of pyridine rings is 1. The molecule has 0 aliphatic carbocycles. The molecule has 1 N–H and O–H groups in total. The van der Waals surface area contributed by atoms with E-state index in [-0.39, 0.29) is 12.1 Å². The zero-order chi connectivity index (χ0) is 17.0. The van der Waals surface area contributed by atoms with Gasteiger partial charge in [-0.1, -0.05) is 0 Å². The molecule has 0 saturated carbocycles. The highest BCUT2D eigenvalue weighted by molar-refractivity contribution is 9.10. The molecule has 0 bridgehead atoms. The Hall–Kier alpha value is -1.30. The van der Waals surface area contributed by atoms with E-state index in [0.29, 0.717) is 6.54 Å². The van der Waals surface area contributed by atoms with Crippen molar-refractivity contribution < 1.29 is 9.53 Å². The summed E-state index contributed by atoms with van der Waals surface area (Å²) in [7, 11) is 0. The van der Waals surface area contributed by atoms with Gasteiger partial charge < -0.3 is 15.0 Å². The number of nitrogens with zero attached hydrogens (tertiary/aromatic N) is 2. The molecule has 5 nitrogen and oxygen atoms in total. The van der Waals surface area contributed by atoms with Crippen molar-refractivity contribution in [2.45, 2.75) is 58.6 Å². The lowest BCUT2D eigenvalue weighted by molar-refractivity contribution is 0.0114. The van der Waals surface area contributed by atoms with E-state index in [1.54, 1.807) is 0 Å². The Morgan fingerprint density at radius 1 is 1.43 bits per heavy atom. The van der Waals surface area contributed by atoms with Crippen LogP contribution in [0.3, 0.4) is 0 Å². The Morgan fingerprint density at radius 3 is 2.83 bits per heavy atom. The molecule has 2 heterocycles. The molecule has 1 aromatic rings. The molecule has 23 heavy (non-hydrogen) atoms. The predicted molar refractivity (Wildman–Crippen MR) is 95.7 cm³/mol. The lowest BCUT2D eigenvalue weighted by Crippen LogP contribution is -2.48. The van der Waals surface area contributed by atoms with E-state index in [1.165, 1.54) is 0 Å². The SMILES string of the molecule is Cc1nc(Br)ccc1NCC1CCCCN1C(=O)OC(C)(C)C. The molecule has 1 fully saturated rings. The lowest BCUT2D eigenvalue weighted by atomic mass is 10.0. The first-order valence-corrected chi connectivity index (χ1v) is 8.92. The van der Waals surface area contributed by atoms with Gasteiger partial charge in [-0.2, -0.15) is 0 Å². The van der Waals surface area contributed by atoms with Gasteiger partial charge in [0.05, 0.1) is 17.4 Å². The number of anilines is 1. The second kappa shape index (κ2) is 7.51. The minimum atomic E-state index is -0.460. The molecule has 2 rings (SSSR count). The first kappa shape index (κ1) is 18.0. The average Bonchev–Trinajstić information content (AvgIpc) is 2.45. The number of amides is 1. The molecule has 128 valence electrons. The number of halogens is 1. The van der Waals surface area contributed by atoms with Crippen LogP contribution < -0.4 is 5.32 Å². The molecule has 0 radical (unpaired) electrons. The molecular weight excluding hydrogens is 358 g/mol. The van der Waals surface area contributed by atoms with Gasteiger partial charge in [0.2, 0.25) is 0 Å². The summed E-state index contributed by atoms with van der Waals surface area (Å²) in [5.41, 5.74) is 1.49. The second-order valence-corrected chi connectivity index (χ2v) is 7.78. The number of aryl methyl sites for hydroxylation is 1. The van der Waals surface area contributed by atoms with Crippen molar-refractivity contribution in [2.75, 3.05) is 18.4 Å². The number of hydrogen-bond acceptors (Lipinski definition) is 4. The van der Waals surface area contributed by atoms with Crippen LogP contribution in [0.15, 0.2) is 16.7 Å². The summed E-state index contributed by atoms with van der Waals surface area (Å²) < 4.78 is 6.37. The lowest BCUT2D eigenvalue weighted by Gasteiger charge is -2.37. The van der Waals surface area contributed by atoms with E-state index in [0.717, 1.165) is 41.8 Å². The minimum Gasteiger partial charge on any atom is -0.444 e. The van der Waals surface area contributed by atoms with Crippen molar-refractivity contribution in [3.05, 3.63) is 22.4 Å². The van der Waals surface area contributed by atoms with Crippen molar-refractivity contribution in [2.24, 2.45) is 0 Å². The summed E-state index contributed by atoms with van der Waals surface area (Å²) in [6.07, 6.45) is 2.96. The van der Waals surface area contributed by atoms with Crippen molar-refractivity contribution in [1.29, 1.82) is 0 Å².